The molecule has 144 valence electrons. The number of hydrogen-bond acceptors (Lipinski definition) is 1. The average molecular weight is 398 g/mol. The lowest BCUT2D eigenvalue weighted by Crippen LogP contribution is -2.55. The number of hydrogen-bond donors (Lipinski definition) is 0. The molecule has 29 heavy (non-hydrogen) atoms. The molecule has 4 fully saturated rings. The first-order valence-electron chi connectivity index (χ1n) is 11.1. The lowest BCUT2D eigenvalue weighted by Gasteiger charge is -2.61. The van der Waals surface area contributed by atoms with Crippen molar-refractivity contribution in [2.75, 3.05) is 0 Å². The summed E-state index contributed by atoms with van der Waals surface area (Å²) in [5, 5.41) is 0.760. The number of rotatable bonds is 1. The lowest BCUT2D eigenvalue weighted by atomic mass is 9.42. The van der Waals surface area contributed by atoms with Crippen LogP contribution in [0.5, 0.6) is 0 Å². The summed E-state index contributed by atoms with van der Waals surface area (Å²) >= 11 is 6.69. The van der Waals surface area contributed by atoms with Crippen molar-refractivity contribution in [3.8, 4) is 22.3 Å². The highest BCUT2D eigenvalue weighted by molar-refractivity contribution is 6.33. The van der Waals surface area contributed by atoms with Crippen LogP contribution in [0, 0.1) is 23.7 Å². The molecule has 1 nitrogen and oxygen atoms in total. The Balaban J connectivity index is 1.58. The van der Waals surface area contributed by atoms with E-state index in [0.717, 1.165) is 34.3 Å². The van der Waals surface area contributed by atoms with Crippen molar-refractivity contribution in [3.63, 3.8) is 0 Å². The van der Waals surface area contributed by atoms with Gasteiger partial charge in [-0.25, -0.2) is 0 Å². The highest BCUT2D eigenvalue weighted by atomic mass is 35.5. The smallest absolute Gasteiger partial charge is 0.0667 e. The molecule has 0 atom stereocenters. The minimum absolute atomic E-state index is 0.169. The summed E-state index contributed by atoms with van der Waals surface area (Å²) in [7, 11) is 0. The van der Waals surface area contributed by atoms with Crippen molar-refractivity contribution in [2.45, 2.75) is 37.5 Å². The van der Waals surface area contributed by atoms with Gasteiger partial charge in [0.25, 0.3) is 0 Å². The van der Waals surface area contributed by atoms with Crippen LogP contribution in [0.25, 0.3) is 22.3 Å². The third-order valence-corrected chi connectivity index (χ3v) is 8.93. The first kappa shape index (κ1) is 16.7. The topological polar surface area (TPSA) is 12.9 Å². The van der Waals surface area contributed by atoms with E-state index in [1.165, 1.54) is 48.8 Å². The van der Waals surface area contributed by atoms with Gasteiger partial charge in [0.15, 0.2) is 0 Å². The quantitative estimate of drug-likeness (QED) is 0.425. The molecule has 5 aliphatic rings. The van der Waals surface area contributed by atoms with Gasteiger partial charge in [0, 0.05) is 23.4 Å². The molecule has 1 spiro atoms. The SMILES string of the molecule is Clc1cnccc1-c1cccc2c1C1(c3ccccc3-2)C2CC3CC(C2)CC1C3. The molecule has 2 aromatic carbocycles. The number of nitrogens with zero attached hydrogens (tertiary/aromatic N) is 1. The largest absolute Gasteiger partial charge is 0.263 e. The predicted octanol–water partition coefficient (Wildman–Crippen LogP) is 7.12. The van der Waals surface area contributed by atoms with E-state index in [0.29, 0.717) is 0 Å². The zero-order valence-electron chi connectivity index (χ0n) is 16.4. The van der Waals surface area contributed by atoms with Gasteiger partial charge in [-0.15, -0.1) is 0 Å². The Hall–Kier alpha value is -2.12. The summed E-state index contributed by atoms with van der Waals surface area (Å²) in [5.74, 6) is 3.44. The fourth-order valence-corrected chi connectivity index (χ4v) is 8.25. The molecule has 0 amide bonds. The number of pyridine rings is 1. The normalized spacial score (nSPS) is 33.1. The number of fused-ring (bicyclic) bond motifs is 3. The third kappa shape index (κ3) is 2.00. The molecule has 8 rings (SSSR count). The second-order valence-electron chi connectivity index (χ2n) is 9.80. The molecule has 0 N–H and O–H groups in total. The van der Waals surface area contributed by atoms with Crippen LogP contribution in [0.2, 0.25) is 5.02 Å². The highest BCUT2D eigenvalue weighted by Crippen LogP contribution is 2.70. The molecule has 0 saturated heterocycles. The Labute approximate surface area is 177 Å². The Kier molecular flexibility index (Phi) is 3.29. The van der Waals surface area contributed by atoms with E-state index in [1.54, 1.807) is 17.3 Å². The van der Waals surface area contributed by atoms with Gasteiger partial charge in [-0.05, 0) is 89.7 Å². The fourth-order valence-electron chi connectivity index (χ4n) is 8.03. The van der Waals surface area contributed by atoms with Crippen molar-refractivity contribution in [1.29, 1.82) is 0 Å². The van der Waals surface area contributed by atoms with Gasteiger partial charge in [0.05, 0.1) is 5.02 Å². The number of aromatic nitrogens is 1. The Morgan fingerprint density at radius 1 is 0.724 bits per heavy atom. The van der Waals surface area contributed by atoms with E-state index < -0.39 is 0 Å². The Bertz CT molecular complexity index is 1120. The second kappa shape index (κ2) is 5.73. The van der Waals surface area contributed by atoms with Gasteiger partial charge in [0.2, 0.25) is 0 Å². The molecular formula is C27H24ClN. The van der Waals surface area contributed by atoms with E-state index in [2.05, 4.69) is 53.5 Å². The first-order chi connectivity index (χ1) is 14.3. The Morgan fingerprint density at radius 2 is 1.38 bits per heavy atom. The molecule has 2 heteroatoms. The van der Waals surface area contributed by atoms with Gasteiger partial charge in [-0.1, -0.05) is 54.1 Å². The minimum atomic E-state index is 0.169. The summed E-state index contributed by atoms with van der Waals surface area (Å²) in [6, 6.07) is 18.2. The zero-order valence-corrected chi connectivity index (χ0v) is 17.2. The second-order valence-corrected chi connectivity index (χ2v) is 10.2. The van der Waals surface area contributed by atoms with Crippen molar-refractivity contribution < 1.29 is 0 Å². The standard InChI is InChI=1S/C27H24ClN/c28-25-15-29-9-8-21(25)23-6-3-5-22-20-4-1-2-7-24(20)27(26(22)23)18-11-16-10-17(13-18)14-19(27)12-16/h1-9,15-19H,10-14H2. The summed E-state index contributed by atoms with van der Waals surface area (Å²) < 4.78 is 0. The van der Waals surface area contributed by atoms with Crippen LogP contribution in [0.4, 0.5) is 0 Å². The molecule has 3 aromatic rings. The summed E-state index contributed by atoms with van der Waals surface area (Å²) in [4.78, 5) is 4.25. The van der Waals surface area contributed by atoms with Gasteiger partial charge in [-0.3, -0.25) is 4.98 Å². The van der Waals surface area contributed by atoms with Crippen LogP contribution in [-0.4, -0.2) is 4.98 Å². The number of benzene rings is 2. The van der Waals surface area contributed by atoms with Gasteiger partial charge in [0.1, 0.15) is 0 Å². The molecule has 4 bridgehead atoms. The molecule has 0 unspecified atom stereocenters. The first-order valence-corrected chi connectivity index (χ1v) is 11.5. The van der Waals surface area contributed by atoms with Gasteiger partial charge >= 0.3 is 0 Å². The van der Waals surface area contributed by atoms with Gasteiger partial charge in [-0.2, -0.15) is 0 Å². The average Bonchev–Trinajstić information content (AvgIpc) is 3.04. The maximum Gasteiger partial charge on any atom is 0.0667 e. The summed E-state index contributed by atoms with van der Waals surface area (Å²) in [5.41, 5.74) is 8.71. The zero-order chi connectivity index (χ0) is 19.2. The van der Waals surface area contributed by atoms with Gasteiger partial charge < -0.3 is 0 Å². The monoisotopic (exact) mass is 397 g/mol. The van der Waals surface area contributed by atoms with Crippen LogP contribution in [0.15, 0.2) is 60.9 Å². The van der Waals surface area contributed by atoms with E-state index in [1.807, 2.05) is 6.20 Å². The van der Waals surface area contributed by atoms with E-state index in [4.69, 9.17) is 11.6 Å². The van der Waals surface area contributed by atoms with Crippen molar-refractivity contribution in [2.24, 2.45) is 23.7 Å². The number of halogens is 1. The van der Waals surface area contributed by atoms with Crippen LogP contribution >= 0.6 is 11.6 Å². The van der Waals surface area contributed by atoms with E-state index >= 15 is 0 Å². The van der Waals surface area contributed by atoms with Crippen molar-refractivity contribution in [1.82, 2.24) is 4.98 Å². The Morgan fingerprint density at radius 3 is 2.10 bits per heavy atom. The van der Waals surface area contributed by atoms with Crippen LogP contribution < -0.4 is 0 Å². The molecule has 1 aromatic heterocycles. The molecular weight excluding hydrogens is 374 g/mol. The summed E-state index contributed by atoms with van der Waals surface area (Å²) in [6.07, 6.45) is 10.8. The molecule has 0 radical (unpaired) electrons. The van der Waals surface area contributed by atoms with Crippen molar-refractivity contribution >= 4 is 11.6 Å². The molecule has 4 saturated carbocycles. The highest BCUT2D eigenvalue weighted by Gasteiger charge is 2.62. The predicted molar refractivity (Wildman–Crippen MR) is 118 cm³/mol. The summed E-state index contributed by atoms with van der Waals surface area (Å²) in [6.45, 7) is 0. The van der Waals surface area contributed by atoms with E-state index in [-0.39, 0.29) is 5.41 Å². The third-order valence-electron chi connectivity index (χ3n) is 8.63. The molecule has 0 aliphatic heterocycles. The minimum Gasteiger partial charge on any atom is -0.263 e. The van der Waals surface area contributed by atoms with Crippen LogP contribution in [-0.2, 0) is 5.41 Å². The fraction of sp³-hybridized carbons (Fsp3) is 0.370. The maximum absolute atomic E-state index is 6.69. The maximum atomic E-state index is 6.69. The van der Waals surface area contributed by atoms with Crippen molar-refractivity contribution in [3.05, 3.63) is 77.1 Å². The lowest BCUT2D eigenvalue weighted by molar-refractivity contribution is -0.0397. The van der Waals surface area contributed by atoms with Crippen LogP contribution in [0.1, 0.15) is 43.2 Å². The molecule has 5 aliphatic carbocycles. The van der Waals surface area contributed by atoms with Crippen LogP contribution in [0.3, 0.4) is 0 Å². The van der Waals surface area contributed by atoms with E-state index in [9.17, 15) is 0 Å². The molecule has 1 heterocycles.